The number of ether oxygens (including phenoxy) is 2. The summed E-state index contributed by atoms with van der Waals surface area (Å²) in [4.78, 5) is 41.9. The fraction of sp³-hybridized carbons (Fsp3) is 0.628. The summed E-state index contributed by atoms with van der Waals surface area (Å²) in [6.45, 7) is 6.53. The maximum Gasteiger partial charge on any atom is 0.272 e. The highest BCUT2D eigenvalue weighted by atomic mass is 19.3. The Morgan fingerprint density at radius 1 is 0.873 bits per heavy atom. The number of nitrogens with zero attached hydrogens (tertiary/aromatic N) is 3. The monoisotopic (exact) mass is 762 g/mol. The molecule has 1 unspecified atom stereocenters. The highest BCUT2D eigenvalue weighted by Crippen LogP contribution is 2.67. The van der Waals surface area contributed by atoms with E-state index >= 15 is 0 Å². The standard InChI is InChI=1S/C43H53F3N4O5/c1-41-15-16-43(45,46)25-28(41)8-9-31-33-10-12-37(42(33,2)14-13-34(31)41)55-22-21-54-26-38(51)49-17-19-50(20-18-49)40(53)32-23-27(7-11-35(32)44)24-36-29-5-3-4-6-30(29)39(52)48-47-36/h3-7,11,23,28,31,33-34,37H,8-10,12-22,24-26H2,1-2H3,(H,48,52)/t28-,31-,33-,34-,37-,41?,42-/m1/s1. The number of carbonyl (C=O) groups excluding carboxylic acids is 2. The summed E-state index contributed by atoms with van der Waals surface area (Å²) < 4.78 is 55.9. The van der Waals surface area contributed by atoms with Gasteiger partial charge in [0.05, 0.1) is 36.0 Å². The number of hydrogen-bond acceptors (Lipinski definition) is 6. The average Bonchev–Trinajstić information content (AvgIpc) is 3.52. The zero-order valence-electron chi connectivity index (χ0n) is 32.0. The van der Waals surface area contributed by atoms with E-state index in [0.717, 1.165) is 38.5 Å². The molecule has 0 spiro atoms. The number of piperazine rings is 1. The Labute approximate surface area is 320 Å². The van der Waals surface area contributed by atoms with Gasteiger partial charge in [-0.3, -0.25) is 14.4 Å². The van der Waals surface area contributed by atoms with Crippen molar-refractivity contribution < 1.29 is 32.2 Å². The lowest BCUT2D eigenvalue weighted by molar-refractivity contribution is -0.170. The van der Waals surface area contributed by atoms with Gasteiger partial charge in [-0.25, -0.2) is 18.3 Å². The quantitative estimate of drug-likeness (QED) is 0.235. The van der Waals surface area contributed by atoms with E-state index in [2.05, 4.69) is 24.0 Å². The van der Waals surface area contributed by atoms with Gasteiger partial charge in [-0.15, -0.1) is 0 Å². The minimum Gasteiger partial charge on any atom is -0.375 e. The van der Waals surface area contributed by atoms with E-state index in [1.165, 1.54) is 12.1 Å². The first-order valence-corrected chi connectivity index (χ1v) is 20.3. The molecule has 5 fully saturated rings. The van der Waals surface area contributed by atoms with Crippen LogP contribution in [0.2, 0.25) is 0 Å². The molecule has 4 aliphatic carbocycles. The number of aromatic nitrogens is 2. The molecule has 12 heteroatoms. The van der Waals surface area contributed by atoms with Gasteiger partial charge in [0, 0.05) is 50.8 Å². The van der Waals surface area contributed by atoms with Crippen molar-refractivity contribution in [2.75, 3.05) is 46.0 Å². The Morgan fingerprint density at radius 2 is 1.62 bits per heavy atom. The van der Waals surface area contributed by atoms with Crippen molar-refractivity contribution in [3.05, 3.63) is 75.5 Å². The van der Waals surface area contributed by atoms with Crippen molar-refractivity contribution in [3.8, 4) is 0 Å². The normalized spacial score (nSPS) is 31.5. The fourth-order valence-electron chi connectivity index (χ4n) is 11.6. The van der Waals surface area contributed by atoms with E-state index in [1.807, 2.05) is 12.1 Å². The van der Waals surface area contributed by atoms with Crippen molar-refractivity contribution in [1.29, 1.82) is 0 Å². The molecule has 2 amide bonds. The van der Waals surface area contributed by atoms with Crippen LogP contribution in [0.25, 0.3) is 10.8 Å². The molecule has 1 N–H and O–H groups in total. The number of nitrogens with one attached hydrogen (secondary N) is 1. The summed E-state index contributed by atoms with van der Waals surface area (Å²) in [7, 11) is 0. The average molecular weight is 763 g/mol. The largest absolute Gasteiger partial charge is 0.375 e. The molecule has 3 aromatic rings. The molecule has 0 radical (unpaired) electrons. The van der Waals surface area contributed by atoms with E-state index < -0.39 is 17.6 Å². The lowest BCUT2D eigenvalue weighted by Gasteiger charge is -2.61. The first kappa shape index (κ1) is 38.1. The molecule has 1 aromatic heterocycles. The van der Waals surface area contributed by atoms with Crippen molar-refractivity contribution in [3.63, 3.8) is 0 Å². The van der Waals surface area contributed by atoms with Crippen LogP contribution in [0.15, 0.2) is 47.3 Å². The maximum absolute atomic E-state index is 15.0. The van der Waals surface area contributed by atoms with Crippen LogP contribution in [0.5, 0.6) is 0 Å². The Balaban J connectivity index is 0.780. The molecule has 0 bridgehead atoms. The summed E-state index contributed by atoms with van der Waals surface area (Å²) in [5, 5.41) is 7.94. The number of aromatic amines is 1. The van der Waals surface area contributed by atoms with Crippen molar-refractivity contribution >= 4 is 22.6 Å². The third kappa shape index (κ3) is 7.22. The number of amides is 2. The lowest BCUT2D eigenvalue weighted by Crippen LogP contribution is -2.55. The number of rotatable bonds is 9. The first-order valence-electron chi connectivity index (χ1n) is 20.3. The van der Waals surface area contributed by atoms with Gasteiger partial charge < -0.3 is 19.3 Å². The topological polar surface area (TPSA) is 105 Å². The molecule has 55 heavy (non-hydrogen) atoms. The molecule has 296 valence electrons. The number of alkyl halides is 2. The van der Waals surface area contributed by atoms with Crippen LogP contribution in [0, 0.1) is 40.3 Å². The molecule has 2 heterocycles. The number of benzene rings is 2. The van der Waals surface area contributed by atoms with Crippen LogP contribution in [0.4, 0.5) is 13.2 Å². The Kier molecular flexibility index (Phi) is 10.4. The van der Waals surface area contributed by atoms with Crippen LogP contribution >= 0.6 is 0 Å². The van der Waals surface area contributed by atoms with Gasteiger partial charge in [-0.2, -0.15) is 5.10 Å². The second-order valence-corrected chi connectivity index (χ2v) is 17.5. The summed E-state index contributed by atoms with van der Waals surface area (Å²) in [5.41, 5.74) is 1.09. The minimum atomic E-state index is -2.50. The third-order valence-electron chi connectivity index (χ3n) is 14.7. The molecule has 9 nitrogen and oxygen atoms in total. The van der Waals surface area contributed by atoms with Crippen molar-refractivity contribution in [1.82, 2.24) is 20.0 Å². The van der Waals surface area contributed by atoms with Gasteiger partial charge in [0.2, 0.25) is 11.8 Å². The van der Waals surface area contributed by atoms with E-state index in [-0.39, 0.29) is 72.4 Å². The van der Waals surface area contributed by atoms with Crippen LogP contribution in [0.1, 0.15) is 93.3 Å². The highest BCUT2D eigenvalue weighted by Gasteiger charge is 2.62. The minimum absolute atomic E-state index is 0.0273. The molecule has 7 atom stereocenters. The van der Waals surface area contributed by atoms with Gasteiger partial charge in [-0.05, 0) is 103 Å². The van der Waals surface area contributed by atoms with Gasteiger partial charge in [0.25, 0.3) is 11.5 Å². The smallest absolute Gasteiger partial charge is 0.272 e. The maximum atomic E-state index is 15.0. The van der Waals surface area contributed by atoms with Crippen molar-refractivity contribution in [2.45, 2.75) is 90.1 Å². The van der Waals surface area contributed by atoms with Crippen LogP contribution in [-0.2, 0) is 20.7 Å². The molecule has 5 aliphatic rings. The van der Waals surface area contributed by atoms with Crippen LogP contribution < -0.4 is 5.56 Å². The first-order chi connectivity index (χ1) is 26.4. The molecule has 2 aromatic carbocycles. The Morgan fingerprint density at radius 3 is 2.42 bits per heavy atom. The highest BCUT2D eigenvalue weighted by molar-refractivity contribution is 5.95. The summed E-state index contributed by atoms with van der Waals surface area (Å²) in [5.74, 6) is -1.90. The molecule has 4 saturated carbocycles. The summed E-state index contributed by atoms with van der Waals surface area (Å²) in [6.07, 6.45) is 7.44. The SMILES string of the molecule is CC12CCC(F)(F)C[C@H]1CC[C@H]1[C@H]2CC[C@]2(C)[C@@H]1CC[C@H]2OCCOCC(=O)N1CCN(C(=O)c2cc(Cc3n[nH]c(=O)c4ccccc34)ccc2F)CC1. The number of hydrogen-bond donors (Lipinski definition) is 1. The van der Waals surface area contributed by atoms with E-state index in [4.69, 9.17) is 9.47 Å². The Hall–Kier alpha value is -3.77. The number of H-pyrrole nitrogens is 1. The van der Waals surface area contributed by atoms with Gasteiger partial charge in [0.1, 0.15) is 12.4 Å². The zero-order valence-corrected chi connectivity index (χ0v) is 32.0. The van der Waals surface area contributed by atoms with Crippen LogP contribution in [-0.4, -0.2) is 89.8 Å². The summed E-state index contributed by atoms with van der Waals surface area (Å²) >= 11 is 0. The molecular weight excluding hydrogens is 709 g/mol. The summed E-state index contributed by atoms with van der Waals surface area (Å²) in [6, 6.07) is 11.6. The van der Waals surface area contributed by atoms with E-state index in [9.17, 15) is 27.6 Å². The van der Waals surface area contributed by atoms with E-state index in [1.54, 1.807) is 28.0 Å². The van der Waals surface area contributed by atoms with Gasteiger partial charge >= 0.3 is 0 Å². The zero-order chi connectivity index (χ0) is 38.5. The van der Waals surface area contributed by atoms with Crippen molar-refractivity contribution in [2.24, 2.45) is 34.5 Å². The molecule has 1 aliphatic heterocycles. The second-order valence-electron chi connectivity index (χ2n) is 17.5. The van der Waals surface area contributed by atoms with Gasteiger partial charge in [0.15, 0.2) is 0 Å². The van der Waals surface area contributed by atoms with Gasteiger partial charge in [-0.1, -0.05) is 38.1 Å². The second kappa shape index (κ2) is 15.0. The van der Waals surface area contributed by atoms with E-state index in [0.29, 0.717) is 78.9 Å². The molecule has 8 rings (SSSR count). The predicted octanol–water partition coefficient (Wildman–Crippen LogP) is 7.02. The number of halogens is 3. The molecular formula is C43H53F3N4O5. The molecule has 1 saturated heterocycles. The van der Waals surface area contributed by atoms with Crippen LogP contribution in [0.3, 0.4) is 0 Å². The number of carbonyl (C=O) groups is 2. The fourth-order valence-corrected chi connectivity index (χ4v) is 11.6. The Bertz CT molecular complexity index is 1980. The lowest BCUT2D eigenvalue weighted by atomic mass is 9.45. The third-order valence-corrected chi connectivity index (χ3v) is 14.7. The number of fused-ring (bicyclic) bond motifs is 6. The predicted molar refractivity (Wildman–Crippen MR) is 201 cm³/mol.